The lowest BCUT2D eigenvalue weighted by molar-refractivity contribution is -0.137. The molecule has 4 atom stereocenters. The molecule has 0 bridgehead atoms. The Morgan fingerprint density at radius 2 is 1.94 bits per heavy atom. The molecule has 0 aliphatic carbocycles. The number of hydrogen-bond acceptors (Lipinski definition) is 4. The molecule has 1 fully saturated rings. The van der Waals surface area contributed by atoms with Crippen LogP contribution in [0.5, 0.6) is 0 Å². The molecular formula is C25H36N2O4. The van der Waals surface area contributed by atoms with Gasteiger partial charge in [0.15, 0.2) is 0 Å². The zero-order valence-corrected chi connectivity index (χ0v) is 19.1. The maximum Gasteiger partial charge on any atom is 0.330 e. The smallest absolute Gasteiger partial charge is 0.330 e. The van der Waals surface area contributed by atoms with E-state index in [4.69, 9.17) is 4.74 Å². The average molecular weight is 429 g/mol. The first kappa shape index (κ1) is 24.6. The fourth-order valence-corrected chi connectivity index (χ4v) is 3.76. The van der Waals surface area contributed by atoms with E-state index in [1.165, 1.54) is 6.08 Å². The van der Waals surface area contributed by atoms with Crippen molar-refractivity contribution in [3.05, 3.63) is 48.0 Å². The molecule has 2 N–H and O–H groups in total. The highest BCUT2D eigenvalue weighted by atomic mass is 16.5. The molecule has 2 amide bonds. The third kappa shape index (κ3) is 7.85. The molecule has 6 heteroatoms. The van der Waals surface area contributed by atoms with E-state index in [2.05, 4.69) is 10.6 Å². The number of carbonyl (C=O) groups excluding carboxylic acids is 3. The predicted molar refractivity (Wildman–Crippen MR) is 121 cm³/mol. The largest absolute Gasteiger partial charge is 0.463 e. The zero-order valence-electron chi connectivity index (χ0n) is 19.1. The fraction of sp³-hybridized carbons (Fsp3) is 0.560. The van der Waals surface area contributed by atoms with E-state index in [1.807, 2.05) is 51.1 Å². The normalized spacial score (nSPS) is 19.1. The van der Waals surface area contributed by atoms with Gasteiger partial charge < -0.3 is 15.4 Å². The summed E-state index contributed by atoms with van der Waals surface area (Å²) in [5.74, 6) is -0.620. The van der Waals surface area contributed by atoms with E-state index in [0.717, 1.165) is 12.0 Å². The number of rotatable bonds is 11. The number of carbonyl (C=O) groups is 3. The van der Waals surface area contributed by atoms with Gasteiger partial charge in [0, 0.05) is 30.5 Å². The minimum Gasteiger partial charge on any atom is -0.463 e. The first-order chi connectivity index (χ1) is 14.8. The summed E-state index contributed by atoms with van der Waals surface area (Å²) in [4.78, 5) is 37.1. The van der Waals surface area contributed by atoms with Gasteiger partial charge in [-0.3, -0.25) is 9.59 Å². The average Bonchev–Trinajstić information content (AvgIpc) is 3.15. The second-order valence-electron chi connectivity index (χ2n) is 8.62. The van der Waals surface area contributed by atoms with Crippen molar-refractivity contribution in [2.45, 2.75) is 53.0 Å². The van der Waals surface area contributed by atoms with Gasteiger partial charge in [-0.05, 0) is 43.6 Å². The number of benzene rings is 1. The van der Waals surface area contributed by atoms with E-state index in [9.17, 15) is 14.4 Å². The molecule has 2 rings (SSSR count). The summed E-state index contributed by atoms with van der Waals surface area (Å²) in [6.45, 7) is 8.70. The van der Waals surface area contributed by atoms with Crippen molar-refractivity contribution in [3.8, 4) is 0 Å². The molecule has 31 heavy (non-hydrogen) atoms. The molecule has 1 heterocycles. The Hall–Kier alpha value is -2.63. The van der Waals surface area contributed by atoms with Crippen LogP contribution in [0.4, 0.5) is 0 Å². The second-order valence-corrected chi connectivity index (χ2v) is 8.62. The fourth-order valence-electron chi connectivity index (χ4n) is 3.76. The summed E-state index contributed by atoms with van der Waals surface area (Å²) >= 11 is 0. The molecule has 1 aromatic carbocycles. The molecule has 6 nitrogen and oxygen atoms in total. The minimum absolute atomic E-state index is 0.0126. The third-order valence-electron chi connectivity index (χ3n) is 6.04. The van der Waals surface area contributed by atoms with Gasteiger partial charge in [0.25, 0.3) is 0 Å². The maximum atomic E-state index is 12.9. The van der Waals surface area contributed by atoms with Gasteiger partial charge in [0.2, 0.25) is 11.8 Å². The summed E-state index contributed by atoms with van der Waals surface area (Å²) in [7, 11) is 0. The van der Waals surface area contributed by atoms with Crippen molar-refractivity contribution in [2.75, 3.05) is 13.2 Å². The van der Waals surface area contributed by atoms with Crippen LogP contribution in [-0.4, -0.2) is 37.0 Å². The van der Waals surface area contributed by atoms with Gasteiger partial charge in [-0.25, -0.2) is 4.79 Å². The van der Waals surface area contributed by atoms with E-state index >= 15 is 0 Å². The van der Waals surface area contributed by atoms with Crippen LogP contribution in [0.1, 0.15) is 46.1 Å². The van der Waals surface area contributed by atoms with Crippen LogP contribution in [0.15, 0.2) is 42.5 Å². The van der Waals surface area contributed by atoms with Gasteiger partial charge in [0.05, 0.1) is 6.61 Å². The molecule has 0 unspecified atom stereocenters. The second kappa shape index (κ2) is 12.3. The number of esters is 1. The van der Waals surface area contributed by atoms with E-state index in [1.54, 1.807) is 13.0 Å². The Bertz CT molecular complexity index is 760. The summed E-state index contributed by atoms with van der Waals surface area (Å²) in [6.07, 6.45) is 5.17. The summed E-state index contributed by atoms with van der Waals surface area (Å²) < 4.78 is 5.04. The minimum atomic E-state index is -0.413. The van der Waals surface area contributed by atoms with Crippen molar-refractivity contribution < 1.29 is 19.1 Å². The van der Waals surface area contributed by atoms with Crippen molar-refractivity contribution in [3.63, 3.8) is 0 Å². The van der Waals surface area contributed by atoms with Crippen LogP contribution in [0.2, 0.25) is 0 Å². The molecule has 0 saturated carbocycles. The molecule has 1 aliphatic heterocycles. The van der Waals surface area contributed by atoms with Gasteiger partial charge in [0.1, 0.15) is 0 Å². The first-order valence-corrected chi connectivity index (χ1v) is 11.3. The lowest BCUT2D eigenvalue weighted by Gasteiger charge is -2.29. The molecular weight excluding hydrogens is 392 g/mol. The van der Waals surface area contributed by atoms with Crippen molar-refractivity contribution in [1.82, 2.24) is 10.6 Å². The summed E-state index contributed by atoms with van der Waals surface area (Å²) in [5, 5.41) is 6.10. The lowest BCUT2D eigenvalue weighted by Crippen LogP contribution is -2.45. The molecule has 1 aliphatic rings. The van der Waals surface area contributed by atoms with Crippen LogP contribution >= 0.6 is 0 Å². The number of hydrogen-bond donors (Lipinski definition) is 2. The maximum absolute atomic E-state index is 12.9. The van der Waals surface area contributed by atoms with Gasteiger partial charge in [-0.2, -0.15) is 0 Å². The molecule has 170 valence electrons. The number of nitrogens with one attached hydrogen (secondary N) is 2. The van der Waals surface area contributed by atoms with Crippen LogP contribution in [-0.2, 0) is 25.5 Å². The highest BCUT2D eigenvalue weighted by Crippen LogP contribution is 2.26. The predicted octanol–water partition coefficient (Wildman–Crippen LogP) is 3.27. The van der Waals surface area contributed by atoms with Crippen molar-refractivity contribution in [2.24, 2.45) is 23.7 Å². The molecule has 0 radical (unpaired) electrons. The SMILES string of the molecule is CCOC(=O)/C=C/[C@H](C[C@@H]1CCNC1=O)[C@H](Cc1ccccc1)NC(=O)[C@@H](C)C(C)C. The van der Waals surface area contributed by atoms with Crippen LogP contribution in [0, 0.1) is 23.7 Å². The Morgan fingerprint density at radius 1 is 1.23 bits per heavy atom. The van der Waals surface area contributed by atoms with E-state index < -0.39 is 5.97 Å². The number of ether oxygens (including phenoxy) is 1. The molecule has 1 aromatic rings. The number of amides is 2. The molecule has 0 spiro atoms. The van der Waals surface area contributed by atoms with Crippen LogP contribution in [0.3, 0.4) is 0 Å². The van der Waals surface area contributed by atoms with Crippen LogP contribution in [0.25, 0.3) is 0 Å². The summed E-state index contributed by atoms with van der Waals surface area (Å²) in [6, 6.07) is 9.71. The highest BCUT2D eigenvalue weighted by molar-refractivity contribution is 5.82. The summed E-state index contributed by atoms with van der Waals surface area (Å²) in [5.41, 5.74) is 1.09. The van der Waals surface area contributed by atoms with Gasteiger partial charge >= 0.3 is 5.97 Å². The van der Waals surface area contributed by atoms with E-state index in [0.29, 0.717) is 26.0 Å². The Kier molecular flexibility index (Phi) is 9.76. The lowest BCUT2D eigenvalue weighted by atomic mass is 9.84. The Balaban J connectivity index is 2.30. The van der Waals surface area contributed by atoms with E-state index in [-0.39, 0.29) is 41.5 Å². The van der Waals surface area contributed by atoms with Crippen LogP contribution < -0.4 is 10.6 Å². The molecule has 1 saturated heterocycles. The van der Waals surface area contributed by atoms with Gasteiger partial charge in [-0.15, -0.1) is 0 Å². The van der Waals surface area contributed by atoms with Gasteiger partial charge in [-0.1, -0.05) is 57.2 Å². The topological polar surface area (TPSA) is 84.5 Å². The monoisotopic (exact) mass is 428 g/mol. The molecule has 0 aromatic heterocycles. The third-order valence-corrected chi connectivity index (χ3v) is 6.04. The Labute approximate surface area is 185 Å². The highest BCUT2D eigenvalue weighted by Gasteiger charge is 2.32. The van der Waals surface area contributed by atoms with Crippen molar-refractivity contribution in [1.29, 1.82) is 0 Å². The van der Waals surface area contributed by atoms with Crippen molar-refractivity contribution >= 4 is 17.8 Å². The standard InChI is InChI=1S/C25H36N2O4/c1-5-31-23(28)12-11-20(16-21-13-14-26-25(21)30)22(15-19-9-7-6-8-10-19)27-24(29)18(4)17(2)3/h6-12,17-18,20-22H,5,13-16H2,1-4H3,(H,26,30)(H,27,29)/b12-11+/t18-,20+,21-,22-/m0/s1. The zero-order chi connectivity index (χ0) is 22.8. The first-order valence-electron chi connectivity index (χ1n) is 11.3. The Morgan fingerprint density at radius 3 is 2.52 bits per heavy atom. The quantitative estimate of drug-likeness (QED) is 0.418.